The monoisotopic (exact) mass is 319 g/mol. The number of nitrogens with one attached hydrogen (secondary N) is 2. The molecule has 0 aliphatic heterocycles. The molecule has 6 nitrogen and oxygen atoms in total. The van der Waals surface area contributed by atoms with Crippen LogP contribution in [0, 0.1) is 5.82 Å². The lowest BCUT2D eigenvalue weighted by molar-refractivity contribution is 0.473. The Morgan fingerprint density at radius 1 is 1.09 bits per heavy atom. The minimum absolute atomic E-state index is 0.0505. The van der Waals surface area contributed by atoms with Crippen LogP contribution >= 0.6 is 0 Å². The standard InChI is InChI=1S/C16H22FN5O/c1-9(2)18-14-19-13(11-8-10(23)6-7-12(11)17)20-15(21-14)22-16(3,4)5/h6-9,23H,1-5H3,(H2,18,19,20,21,22). The molecule has 0 unspecified atom stereocenters. The van der Waals surface area contributed by atoms with Crippen LogP contribution in [0.3, 0.4) is 0 Å². The highest BCUT2D eigenvalue weighted by molar-refractivity contribution is 5.61. The van der Waals surface area contributed by atoms with Crippen LogP contribution in [0.4, 0.5) is 16.3 Å². The van der Waals surface area contributed by atoms with Gasteiger partial charge in [-0.05, 0) is 52.8 Å². The Bertz CT molecular complexity index is 697. The molecular formula is C16H22FN5O. The molecule has 0 saturated heterocycles. The van der Waals surface area contributed by atoms with Gasteiger partial charge in [0.25, 0.3) is 0 Å². The van der Waals surface area contributed by atoms with Crippen LogP contribution in [0.1, 0.15) is 34.6 Å². The Hall–Kier alpha value is -2.44. The number of hydrogen-bond acceptors (Lipinski definition) is 6. The number of benzene rings is 1. The zero-order chi connectivity index (χ0) is 17.2. The van der Waals surface area contributed by atoms with Crippen molar-refractivity contribution in [3.63, 3.8) is 0 Å². The number of phenolic OH excluding ortho intramolecular Hbond substituents is 1. The average Bonchev–Trinajstić information content (AvgIpc) is 2.38. The quantitative estimate of drug-likeness (QED) is 0.801. The van der Waals surface area contributed by atoms with E-state index in [1.807, 2.05) is 34.6 Å². The predicted octanol–water partition coefficient (Wildman–Crippen LogP) is 3.41. The number of anilines is 2. The second kappa shape index (κ2) is 6.36. The molecule has 3 N–H and O–H groups in total. The number of aromatic hydroxyl groups is 1. The molecule has 7 heteroatoms. The summed E-state index contributed by atoms with van der Waals surface area (Å²) in [5.41, 5.74) is -0.137. The highest BCUT2D eigenvalue weighted by Gasteiger charge is 2.17. The Morgan fingerprint density at radius 3 is 2.35 bits per heavy atom. The molecule has 0 atom stereocenters. The lowest BCUT2D eigenvalue weighted by Gasteiger charge is -2.21. The fraction of sp³-hybridized carbons (Fsp3) is 0.438. The molecule has 0 radical (unpaired) electrons. The van der Waals surface area contributed by atoms with E-state index in [1.54, 1.807) is 0 Å². The minimum Gasteiger partial charge on any atom is -0.508 e. The number of rotatable bonds is 4. The van der Waals surface area contributed by atoms with Gasteiger partial charge in [0.15, 0.2) is 5.82 Å². The van der Waals surface area contributed by atoms with Crippen molar-refractivity contribution in [3.8, 4) is 17.1 Å². The van der Waals surface area contributed by atoms with Crippen LogP contribution in [-0.2, 0) is 0 Å². The van der Waals surface area contributed by atoms with Gasteiger partial charge >= 0.3 is 0 Å². The van der Waals surface area contributed by atoms with Crippen molar-refractivity contribution in [1.29, 1.82) is 0 Å². The number of nitrogens with zero attached hydrogens (tertiary/aromatic N) is 3. The second-order valence-corrected chi connectivity index (χ2v) is 6.64. The van der Waals surface area contributed by atoms with E-state index in [9.17, 15) is 9.50 Å². The maximum Gasteiger partial charge on any atom is 0.228 e. The molecule has 2 aromatic rings. The molecule has 0 fully saturated rings. The van der Waals surface area contributed by atoms with Gasteiger partial charge in [-0.2, -0.15) is 15.0 Å². The highest BCUT2D eigenvalue weighted by atomic mass is 19.1. The van der Waals surface area contributed by atoms with Gasteiger partial charge in [-0.1, -0.05) is 0 Å². The van der Waals surface area contributed by atoms with E-state index in [-0.39, 0.29) is 28.7 Å². The van der Waals surface area contributed by atoms with E-state index in [1.165, 1.54) is 18.2 Å². The van der Waals surface area contributed by atoms with Crippen molar-refractivity contribution in [2.75, 3.05) is 10.6 Å². The first kappa shape index (κ1) is 16.9. The SMILES string of the molecule is CC(C)Nc1nc(NC(C)(C)C)nc(-c2cc(O)ccc2F)n1. The first-order valence-corrected chi connectivity index (χ1v) is 7.44. The number of hydrogen-bond donors (Lipinski definition) is 3. The zero-order valence-electron chi connectivity index (χ0n) is 14.0. The van der Waals surface area contributed by atoms with Crippen LogP contribution in [0.5, 0.6) is 5.75 Å². The summed E-state index contributed by atoms with van der Waals surface area (Å²) in [6.45, 7) is 9.83. The summed E-state index contributed by atoms with van der Waals surface area (Å²) in [4.78, 5) is 12.8. The molecule has 0 aliphatic carbocycles. The second-order valence-electron chi connectivity index (χ2n) is 6.64. The van der Waals surface area contributed by atoms with Gasteiger partial charge < -0.3 is 15.7 Å². The van der Waals surface area contributed by atoms with Crippen molar-refractivity contribution in [2.24, 2.45) is 0 Å². The normalized spacial score (nSPS) is 11.6. The molecule has 1 aromatic heterocycles. The summed E-state index contributed by atoms with van der Waals surface area (Å²) in [7, 11) is 0. The molecule has 124 valence electrons. The third-order valence-electron chi connectivity index (χ3n) is 2.73. The summed E-state index contributed by atoms with van der Waals surface area (Å²) in [5.74, 6) is 0.285. The maximum atomic E-state index is 14.1. The molecular weight excluding hydrogens is 297 g/mol. The lowest BCUT2D eigenvalue weighted by Crippen LogP contribution is -2.28. The zero-order valence-corrected chi connectivity index (χ0v) is 14.0. The van der Waals surface area contributed by atoms with E-state index in [2.05, 4.69) is 25.6 Å². The Kier molecular flexibility index (Phi) is 4.68. The molecule has 0 amide bonds. The topological polar surface area (TPSA) is 83.0 Å². The first-order chi connectivity index (χ1) is 10.6. The molecule has 2 rings (SSSR count). The van der Waals surface area contributed by atoms with Gasteiger partial charge in [-0.3, -0.25) is 0 Å². The Labute approximate surface area is 135 Å². The highest BCUT2D eigenvalue weighted by Crippen LogP contribution is 2.26. The molecule has 23 heavy (non-hydrogen) atoms. The third-order valence-corrected chi connectivity index (χ3v) is 2.73. The molecule has 1 aromatic carbocycles. The van der Waals surface area contributed by atoms with Crippen LogP contribution in [0.15, 0.2) is 18.2 Å². The van der Waals surface area contributed by atoms with Crippen molar-refractivity contribution in [3.05, 3.63) is 24.0 Å². The molecule has 1 heterocycles. The van der Waals surface area contributed by atoms with Gasteiger partial charge in [-0.25, -0.2) is 4.39 Å². The van der Waals surface area contributed by atoms with Crippen LogP contribution in [-0.4, -0.2) is 31.6 Å². The van der Waals surface area contributed by atoms with E-state index >= 15 is 0 Å². The van der Waals surface area contributed by atoms with Crippen molar-refractivity contribution < 1.29 is 9.50 Å². The first-order valence-electron chi connectivity index (χ1n) is 7.44. The predicted molar refractivity (Wildman–Crippen MR) is 89.0 cm³/mol. The summed E-state index contributed by atoms with van der Waals surface area (Å²) in [5, 5.41) is 15.8. The fourth-order valence-electron chi connectivity index (χ4n) is 1.90. The van der Waals surface area contributed by atoms with E-state index in [4.69, 9.17) is 0 Å². The number of aromatic nitrogens is 3. The van der Waals surface area contributed by atoms with Crippen molar-refractivity contribution in [2.45, 2.75) is 46.2 Å². The molecule has 0 aliphatic rings. The number of phenols is 1. The molecule has 0 spiro atoms. The van der Waals surface area contributed by atoms with E-state index < -0.39 is 5.82 Å². The molecule has 0 bridgehead atoms. The van der Waals surface area contributed by atoms with E-state index in [0.29, 0.717) is 11.9 Å². The van der Waals surface area contributed by atoms with Crippen LogP contribution < -0.4 is 10.6 Å². The Balaban J connectivity index is 2.53. The van der Waals surface area contributed by atoms with Gasteiger partial charge in [0.1, 0.15) is 11.6 Å². The van der Waals surface area contributed by atoms with Crippen molar-refractivity contribution in [1.82, 2.24) is 15.0 Å². The summed E-state index contributed by atoms with van der Waals surface area (Å²) in [6, 6.07) is 3.87. The van der Waals surface area contributed by atoms with E-state index in [0.717, 1.165) is 0 Å². The largest absolute Gasteiger partial charge is 0.508 e. The summed E-state index contributed by atoms with van der Waals surface area (Å²) in [6.07, 6.45) is 0. The average molecular weight is 319 g/mol. The van der Waals surface area contributed by atoms with Gasteiger partial charge in [0.2, 0.25) is 11.9 Å². The fourth-order valence-corrected chi connectivity index (χ4v) is 1.90. The minimum atomic E-state index is -0.508. The van der Waals surface area contributed by atoms with Gasteiger partial charge in [0, 0.05) is 11.6 Å². The van der Waals surface area contributed by atoms with Gasteiger partial charge in [0.05, 0.1) is 5.56 Å². The van der Waals surface area contributed by atoms with Crippen LogP contribution in [0.25, 0.3) is 11.4 Å². The van der Waals surface area contributed by atoms with Gasteiger partial charge in [-0.15, -0.1) is 0 Å². The van der Waals surface area contributed by atoms with Crippen molar-refractivity contribution >= 4 is 11.9 Å². The lowest BCUT2D eigenvalue weighted by atomic mass is 10.1. The van der Waals surface area contributed by atoms with Crippen LogP contribution in [0.2, 0.25) is 0 Å². The third kappa shape index (κ3) is 4.77. The summed E-state index contributed by atoms with van der Waals surface area (Å²) < 4.78 is 14.1. The molecule has 0 saturated carbocycles. The number of halogens is 1. The maximum absolute atomic E-state index is 14.1. The Morgan fingerprint density at radius 2 is 1.74 bits per heavy atom. The summed E-state index contributed by atoms with van der Waals surface area (Å²) >= 11 is 0. The smallest absolute Gasteiger partial charge is 0.228 e.